The predicted octanol–water partition coefficient (Wildman–Crippen LogP) is 2.72. The van der Waals surface area contributed by atoms with Crippen LogP contribution in [0.2, 0.25) is 0 Å². The highest BCUT2D eigenvalue weighted by Gasteiger charge is 2.41. The van der Waals surface area contributed by atoms with Crippen LogP contribution in [-0.2, 0) is 9.53 Å². The van der Waals surface area contributed by atoms with Gasteiger partial charge in [0, 0.05) is 19.1 Å². The van der Waals surface area contributed by atoms with E-state index in [2.05, 4.69) is 24.5 Å². The van der Waals surface area contributed by atoms with Crippen molar-refractivity contribution in [2.45, 2.75) is 71.9 Å². The number of ether oxygens (including phenoxy) is 1. The number of hydrogen-bond acceptors (Lipinski definition) is 3. The quantitative estimate of drug-likeness (QED) is 0.785. The van der Waals surface area contributed by atoms with Gasteiger partial charge < -0.3 is 15.4 Å². The fraction of sp³-hybridized carbons (Fsp3) is 0.944. The van der Waals surface area contributed by atoms with Gasteiger partial charge in [-0.25, -0.2) is 0 Å². The molecule has 2 aliphatic rings. The highest BCUT2D eigenvalue weighted by Crippen LogP contribution is 2.32. The SMILES string of the molecule is CCC1CCCCC(C)C1NC(=O)C(C)(C)C1CNCCO1. The molecule has 2 N–H and O–H groups in total. The molecule has 1 aliphatic heterocycles. The normalized spacial score (nSPS) is 34.0. The van der Waals surface area contributed by atoms with Crippen LogP contribution in [0.4, 0.5) is 0 Å². The van der Waals surface area contributed by atoms with E-state index >= 15 is 0 Å². The Hall–Kier alpha value is -0.610. The summed E-state index contributed by atoms with van der Waals surface area (Å²) in [6.07, 6.45) is 6.17. The number of nitrogens with one attached hydrogen (secondary N) is 2. The molecule has 1 saturated carbocycles. The van der Waals surface area contributed by atoms with Crippen LogP contribution in [-0.4, -0.2) is 37.7 Å². The van der Waals surface area contributed by atoms with Crippen molar-refractivity contribution in [3.05, 3.63) is 0 Å². The number of hydrogen-bond donors (Lipinski definition) is 2. The lowest BCUT2D eigenvalue weighted by Gasteiger charge is -2.38. The molecule has 1 aliphatic carbocycles. The van der Waals surface area contributed by atoms with Crippen molar-refractivity contribution in [3.63, 3.8) is 0 Å². The maximum absolute atomic E-state index is 12.9. The van der Waals surface area contributed by atoms with Crippen LogP contribution in [0, 0.1) is 17.3 Å². The van der Waals surface area contributed by atoms with Crippen molar-refractivity contribution in [1.29, 1.82) is 0 Å². The summed E-state index contributed by atoms with van der Waals surface area (Å²) in [4.78, 5) is 12.9. The predicted molar refractivity (Wildman–Crippen MR) is 89.7 cm³/mol. The first-order valence-corrected chi connectivity index (χ1v) is 9.10. The van der Waals surface area contributed by atoms with Crippen LogP contribution in [0.5, 0.6) is 0 Å². The molecule has 1 heterocycles. The molecule has 4 nitrogen and oxygen atoms in total. The van der Waals surface area contributed by atoms with Gasteiger partial charge in [0.25, 0.3) is 0 Å². The van der Waals surface area contributed by atoms with Crippen LogP contribution in [0.15, 0.2) is 0 Å². The van der Waals surface area contributed by atoms with Crippen molar-refractivity contribution in [2.75, 3.05) is 19.7 Å². The Morgan fingerprint density at radius 2 is 2.05 bits per heavy atom. The monoisotopic (exact) mass is 310 g/mol. The summed E-state index contributed by atoms with van der Waals surface area (Å²) >= 11 is 0. The van der Waals surface area contributed by atoms with E-state index in [1.807, 2.05) is 13.8 Å². The molecule has 0 radical (unpaired) electrons. The number of carbonyl (C=O) groups is 1. The van der Waals surface area contributed by atoms with Gasteiger partial charge in [0.1, 0.15) is 0 Å². The minimum absolute atomic E-state index is 0.0394. The van der Waals surface area contributed by atoms with E-state index in [9.17, 15) is 4.79 Å². The summed E-state index contributed by atoms with van der Waals surface area (Å²) in [6, 6.07) is 0.316. The maximum atomic E-state index is 12.9. The van der Waals surface area contributed by atoms with Crippen LogP contribution in [0.3, 0.4) is 0 Å². The highest BCUT2D eigenvalue weighted by molar-refractivity contribution is 5.83. The van der Waals surface area contributed by atoms with Crippen LogP contribution < -0.4 is 10.6 Å². The van der Waals surface area contributed by atoms with E-state index in [1.165, 1.54) is 25.7 Å². The zero-order valence-corrected chi connectivity index (χ0v) is 14.8. The van der Waals surface area contributed by atoms with Gasteiger partial charge >= 0.3 is 0 Å². The van der Waals surface area contributed by atoms with E-state index in [-0.39, 0.29) is 12.0 Å². The third-order valence-corrected chi connectivity index (χ3v) is 5.75. The van der Waals surface area contributed by atoms with Gasteiger partial charge in [-0.2, -0.15) is 0 Å². The second-order valence-corrected chi connectivity index (χ2v) is 7.71. The minimum atomic E-state index is -0.488. The smallest absolute Gasteiger partial charge is 0.228 e. The van der Waals surface area contributed by atoms with E-state index in [0.717, 1.165) is 19.5 Å². The average molecular weight is 310 g/mol. The molecule has 22 heavy (non-hydrogen) atoms. The molecular formula is C18H34N2O2. The summed E-state index contributed by atoms with van der Waals surface area (Å²) in [5, 5.41) is 6.73. The molecule has 0 aromatic heterocycles. The molecule has 0 aromatic rings. The summed E-state index contributed by atoms with van der Waals surface area (Å²) in [6.45, 7) is 10.9. The Bertz CT molecular complexity index is 364. The fourth-order valence-corrected chi connectivity index (χ4v) is 3.93. The topological polar surface area (TPSA) is 50.4 Å². The lowest BCUT2D eigenvalue weighted by Crippen LogP contribution is -2.56. The first kappa shape index (κ1) is 17.7. The number of morpholine rings is 1. The van der Waals surface area contributed by atoms with Gasteiger partial charge in [0.05, 0.1) is 18.1 Å². The average Bonchev–Trinajstić information content (AvgIpc) is 2.70. The highest BCUT2D eigenvalue weighted by atomic mass is 16.5. The molecule has 1 saturated heterocycles. The molecule has 1 amide bonds. The van der Waals surface area contributed by atoms with Crippen molar-refractivity contribution in [2.24, 2.45) is 17.3 Å². The largest absolute Gasteiger partial charge is 0.374 e. The lowest BCUT2D eigenvalue weighted by molar-refractivity contribution is -0.141. The molecule has 2 rings (SSSR count). The van der Waals surface area contributed by atoms with Gasteiger partial charge in [-0.05, 0) is 38.5 Å². The summed E-state index contributed by atoms with van der Waals surface area (Å²) < 4.78 is 5.83. The number of rotatable bonds is 4. The Labute approximate surface area is 135 Å². The van der Waals surface area contributed by atoms with Crippen molar-refractivity contribution in [3.8, 4) is 0 Å². The first-order chi connectivity index (χ1) is 10.5. The number of carbonyl (C=O) groups excluding carboxylic acids is 1. The van der Waals surface area contributed by atoms with E-state index < -0.39 is 5.41 Å². The van der Waals surface area contributed by atoms with Crippen molar-refractivity contribution < 1.29 is 9.53 Å². The zero-order valence-electron chi connectivity index (χ0n) is 14.8. The standard InChI is InChI=1S/C18H34N2O2/c1-5-14-9-7-6-8-13(2)16(14)20-17(21)18(3,4)15-12-19-10-11-22-15/h13-16,19H,5-12H2,1-4H3,(H,20,21). The number of amides is 1. The third-order valence-electron chi connectivity index (χ3n) is 5.75. The van der Waals surface area contributed by atoms with Crippen LogP contribution in [0.1, 0.15) is 59.8 Å². The van der Waals surface area contributed by atoms with Gasteiger partial charge in [0.2, 0.25) is 5.91 Å². The van der Waals surface area contributed by atoms with Gasteiger partial charge in [-0.3, -0.25) is 4.79 Å². The van der Waals surface area contributed by atoms with Crippen LogP contribution >= 0.6 is 0 Å². The van der Waals surface area contributed by atoms with E-state index in [0.29, 0.717) is 24.5 Å². The molecular weight excluding hydrogens is 276 g/mol. The van der Waals surface area contributed by atoms with Crippen molar-refractivity contribution >= 4 is 5.91 Å². The molecule has 4 atom stereocenters. The first-order valence-electron chi connectivity index (χ1n) is 9.10. The van der Waals surface area contributed by atoms with Gasteiger partial charge in [-0.1, -0.05) is 33.1 Å². The minimum Gasteiger partial charge on any atom is -0.374 e. The molecule has 4 heteroatoms. The fourth-order valence-electron chi connectivity index (χ4n) is 3.93. The summed E-state index contributed by atoms with van der Waals surface area (Å²) in [5.41, 5.74) is -0.488. The zero-order chi connectivity index (χ0) is 16.2. The maximum Gasteiger partial charge on any atom is 0.228 e. The second-order valence-electron chi connectivity index (χ2n) is 7.71. The van der Waals surface area contributed by atoms with Crippen molar-refractivity contribution in [1.82, 2.24) is 10.6 Å². The molecule has 4 unspecified atom stereocenters. The Kier molecular flexibility index (Phi) is 6.27. The van der Waals surface area contributed by atoms with Gasteiger partial charge in [-0.15, -0.1) is 0 Å². The Morgan fingerprint density at radius 1 is 1.32 bits per heavy atom. The molecule has 0 spiro atoms. The third kappa shape index (κ3) is 4.02. The molecule has 0 aromatic carbocycles. The molecule has 2 fully saturated rings. The van der Waals surface area contributed by atoms with E-state index in [1.54, 1.807) is 0 Å². The summed E-state index contributed by atoms with van der Waals surface area (Å²) in [7, 11) is 0. The Balaban J connectivity index is 2.04. The Morgan fingerprint density at radius 3 is 2.68 bits per heavy atom. The molecule has 128 valence electrons. The van der Waals surface area contributed by atoms with Crippen LogP contribution in [0.25, 0.3) is 0 Å². The molecule has 0 bridgehead atoms. The summed E-state index contributed by atoms with van der Waals surface area (Å²) in [5.74, 6) is 1.33. The van der Waals surface area contributed by atoms with Gasteiger partial charge in [0.15, 0.2) is 0 Å². The second kappa shape index (κ2) is 7.78. The lowest BCUT2D eigenvalue weighted by atomic mass is 9.81. The van der Waals surface area contributed by atoms with E-state index in [4.69, 9.17) is 4.74 Å².